The Balaban J connectivity index is 1.93. The van der Waals surface area contributed by atoms with Crippen LogP contribution in [0.1, 0.15) is 142 Å². The summed E-state index contributed by atoms with van der Waals surface area (Å²) in [6.07, 6.45) is 25.3. The molecule has 2 aromatic carbocycles. The van der Waals surface area contributed by atoms with E-state index in [0.717, 1.165) is 36.1 Å². The second kappa shape index (κ2) is 22.3. The Morgan fingerprint density at radius 2 is 0.683 bits per heavy atom. The molecule has 5 heteroatoms. The van der Waals surface area contributed by atoms with Crippen LogP contribution in [0.3, 0.4) is 0 Å². The van der Waals surface area contributed by atoms with Gasteiger partial charge in [0.25, 0.3) is 0 Å². The third-order valence-corrected chi connectivity index (χ3v) is 15.8. The zero-order valence-electron chi connectivity index (χ0n) is 26.6. The Kier molecular flexibility index (Phi) is 19.6. The molecule has 0 bridgehead atoms. The molecular weight excluding hydrogens is 537 g/mol. The van der Waals surface area contributed by atoms with Gasteiger partial charge in [0.1, 0.15) is 0 Å². The van der Waals surface area contributed by atoms with Crippen LogP contribution < -0.4 is 10.4 Å². The lowest BCUT2D eigenvalue weighted by Gasteiger charge is -2.35. The SMILES string of the molecule is CCCCCCCCCCCC[Si](O)(O[Si](O)(CCCCCCCCCCCC)c1ccccc1)c1ccccc1. The Labute approximate surface area is 255 Å². The summed E-state index contributed by atoms with van der Waals surface area (Å²) in [5, 5.41) is 1.78. The molecule has 0 saturated heterocycles. The predicted molar refractivity (Wildman–Crippen MR) is 182 cm³/mol. The third kappa shape index (κ3) is 15.2. The fourth-order valence-electron chi connectivity index (χ4n) is 5.89. The maximum absolute atomic E-state index is 12.2. The van der Waals surface area contributed by atoms with Crippen LogP contribution in [0.4, 0.5) is 0 Å². The van der Waals surface area contributed by atoms with E-state index < -0.39 is 17.1 Å². The normalized spacial score (nSPS) is 14.5. The van der Waals surface area contributed by atoms with Crippen LogP contribution in [0.2, 0.25) is 12.1 Å². The Hall–Kier alpha value is -1.25. The molecular formula is C36H62O3Si2. The summed E-state index contributed by atoms with van der Waals surface area (Å²) in [7, 11) is -6.64. The largest absolute Gasteiger partial charge is 0.408 e. The summed E-state index contributed by atoms with van der Waals surface area (Å²) in [6.45, 7) is 4.54. The van der Waals surface area contributed by atoms with E-state index in [1.54, 1.807) is 0 Å². The van der Waals surface area contributed by atoms with E-state index in [2.05, 4.69) is 13.8 Å². The highest BCUT2D eigenvalue weighted by Crippen LogP contribution is 2.24. The van der Waals surface area contributed by atoms with Gasteiger partial charge in [0.2, 0.25) is 0 Å². The number of rotatable bonds is 26. The molecule has 0 spiro atoms. The van der Waals surface area contributed by atoms with E-state index in [1.165, 1.54) is 103 Å². The number of benzene rings is 2. The Morgan fingerprint density at radius 1 is 0.415 bits per heavy atom. The number of hydrogen-bond donors (Lipinski definition) is 2. The van der Waals surface area contributed by atoms with Gasteiger partial charge in [-0.25, -0.2) is 0 Å². The molecule has 2 rings (SSSR count). The fourth-order valence-corrected chi connectivity index (χ4v) is 13.3. The van der Waals surface area contributed by atoms with Gasteiger partial charge in [-0.05, 0) is 22.5 Å². The highest BCUT2D eigenvalue weighted by Gasteiger charge is 2.47. The molecule has 232 valence electrons. The van der Waals surface area contributed by atoms with E-state index in [-0.39, 0.29) is 0 Å². The average molecular weight is 599 g/mol. The van der Waals surface area contributed by atoms with Crippen molar-refractivity contribution in [2.24, 2.45) is 0 Å². The standard InChI is InChI=1S/C36H62O3Si2/c1-3-5-7-9-11-13-15-17-19-27-33-40(37,35-29-23-21-24-30-35)39-41(38,36-31-25-22-26-32-36)34-28-20-18-16-14-12-10-8-6-4-2/h21-26,29-32,37-38H,3-20,27-28,33-34H2,1-2H3. The van der Waals surface area contributed by atoms with Gasteiger partial charge in [-0.2, -0.15) is 0 Å². The van der Waals surface area contributed by atoms with Gasteiger partial charge in [0.15, 0.2) is 0 Å². The maximum atomic E-state index is 12.2. The Morgan fingerprint density at radius 3 is 0.976 bits per heavy atom. The van der Waals surface area contributed by atoms with Crippen LogP contribution in [0.5, 0.6) is 0 Å². The predicted octanol–water partition coefficient (Wildman–Crippen LogP) is 9.53. The molecule has 0 aromatic heterocycles. The average Bonchev–Trinajstić information content (AvgIpc) is 3.00. The minimum atomic E-state index is -3.32. The summed E-state index contributed by atoms with van der Waals surface area (Å²) in [5.41, 5.74) is 0. The van der Waals surface area contributed by atoms with Gasteiger partial charge in [0, 0.05) is 0 Å². The third-order valence-electron chi connectivity index (χ3n) is 8.53. The lowest BCUT2D eigenvalue weighted by molar-refractivity contribution is 0.316. The molecule has 0 aliphatic rings. The van der Waals surface area contributed by atoms with Crippen molar-refractivity contribution < 1.29 is 13.7 Å². The summed E-state index contributed by atoms with van der Waals surface area (Å²) >= 11 is 0. The van der Waals surface area contributed by atoms with Crippen molar-refractivity contribution in [3.63, 3.8) is 0 Å². The zero-order chi connectivity index (χ0) is 29.5. The summed E-state index contributed by atoms with van der Waals surface area (Å²) in [6, 6.07) is 21.2. The smallest absolute Gasteiger partial charge is 0.361 e. The van der Waals surface area contributed by atoms with Gasteiger partial charge in [-0.3, -0.25) is 0 Å². The van der Waals surface area contributed by atoms with Crippen molar-refractivity contribution in [1.29, 1.82) is 0 Å². The van der Waals surface area contributed by atoms with E-state index in [4.69, 9.17) is 4.12 Å². The van der Waals surface area contributed by atoms with Gasteiger partial charge < -0.3 is 13.7 Å². The first kappa shape index (κ1) is 35.9. The quantitative estimate of drug-likeness (QED) is 0.0837. The van der Waals surface area contributed by atoms with Crippen LogP contribution >= 0.6 is 0 Å². The second-order valence-corrected chi connectivity index (χ2v) is 18.4. The second-order valence-electron chi connectivity index (χ2n) is 12.3. The highest BCUT2D eigenvalue weighted by atomic mass is 28.5. The minimum Gasteiger partial charge on any atom is -0.408 e. The van der Waals surface area contributed by atoms with Crippen molar-refractivity contribution in [2.45, 2.75) is 154 Å². The zero-order valence-corrected chi connectivity index (χ0v) is 28.6. The summed E-state index contributed by atoms with van der Waals surface area (Å²) in [4.78, 5) is 24.3. The van der Waals surface area contributed by atoms with Crippen molar-refractivity contribution in [3.8, 4) is 0 Å². The molecule has 0 radical (unpaired) electrons. The van der Waals surface area contributed by atoms with Gasteiger partial charge >= 0.3 is 17.1 Å². The van der Waals surface area contributed by atoms with E-state index >= 15 is 0 Å². The lowest BCUT2D eigenvalue weighted by atomic mass is 10.1. The molecule has 41 heavy (non-hydrogen) atoms. The molecule has 0 fully saturated rings. The van der Waals surface area contributed by atoms with Crippen LogP contribution in [-0.4, -0.2) is 26.7 Å². The van der Waals surface area contributed by atoms with Crippen molar-refractivity contribution in [3.05, 3.63) is 60.7 Å². The highest BCUT2D eigenvalue weighted by molar-refractivity contribution is 6.92. The lowest BCUT2D eigenvalue weighted by Crippen LogP contribution is -2.64. The Bertz CT molecular complexity index is 794. The molecule has 2 aromatic rings. The van der Waals surface area contributed by atoms with Crippen LogP contribution in [0, 0.1) is 0 Å². The molecule has 0 heterocycles. The first-order chi connectivity index (χ1) is 20.0. The molecule has 0 amide bonds. The van der Waals surface area contributed by atoms with Gasteiger partial charge in [-0.1, -0.05) is 203 Å². The van der Waals surface area contributed by atoms with Gasteiger partial charge in [0.05, 0.1) is 0 Å². The topological polar surface area (TPSA) is 49.7 Å². The molecule has 2 atom stereocenters. The fraction of sp³-hybridized carbons (Fsp3) is 0.667. The van der Waals surface area contributed by atoms with Crippen LogP contribution in [0.15, 0.2) is 60.7 Å². The van der Waals surface area contributed by atoms with E-state index in [9.17, 15) is 9.59 Å². The summed E-state index contributed by atoms with van der Waals surface area (Å²) in [5.74, 6) is 0. The monoisotopic (exact) mass is 598 g/mol. The minimum absolute atomic E-state index is 0.647. The van der Waals surface area contributed by atoms with Crippen molar-refractivity contribution in [2.75, 3.05) is 0 Å². The van der Waals surface area contributed by atoms with E-state index in [1.807, 2.05) is 60.7 Å². The molecule has 0 aliphatic carbocycles. The molecule has 0 saturated carbocycles. The van der Waals surface area contributed by atoms with E-state index in [0.29, 0.717) is 12.1 Å². The van der Waals surface area contributed by atoms with Crippen LogP contribution in [-0.2, 0) is 4.12 Å². The first-order valence-corrected chi connectivity index (χ1v) is 21.4. The first-order valence-electron chi connectivity index (χ1n) is 17.3. The summed E-state index contributed by atoms with van der Waals surface area (Å²) < 4.78 is 6.75. The number of unbranched alkanes of at least 4 members (excludes halogenated alkanes) is 18. The maximum Gasteiger partial charge on any atom is 0.361 e. The number of hydrogen-bond acceptors (Lipinski definition) is 3. The van der Waals surface area contributed by atoms with Crippen LogP contribution in [0.25, 0.3) is 0 Å². The molecule has 2 unspecified atom stereocenters. The van der Waals surface area contributed by atoms with Crippen molar-refractivity contribution >= 4 is 27.5 Å². The molecule has 2 N–H and O–H groups in total. The molecule has 3 nitrogen and oxygen atoms in total. The molecule has 0 aliphatic heterocycles. The van der Waals surface area contributed by atoms with Gasteiger partial charge in [-0.15, -0.1) is 0 Å². The van der Waals surface area contributed by atoms with Crippen molar-refractivity contribution in [1.82, 2.24) is 0 Å².